The number of nitrogens with zero attached hydrogens (tertiary/aromatic N) is 2. The SMILES string of the molecule is Cc1ccc([C@H](C)NC(=O)c2cc(C(=O)NCc3ccc(F)c(Cl)c3)ncn2)s1. The lowest BCUT2D eigenvalue weighted by Crippen LogP contribution is -2.28. The van der Waals surface area contributed by atoms with E-state index in [1.807, 2.05) is 26.0 Å². The summed E-state index contributed by atoms with van der Waals surface area (Å²) in [6.45, 7) is 4.02. The van der Waals surface area contributed by atoms with Gasteiger partial charge in [-0.25, -0.2) is 14.4 Å². The molecule has 0 spiro atoms. The summed E-state index contributed by atoms with van der Waals surface area (Å²) in [6.07, 6.45) is 1.17. The van der Waals surface area contributed by atoms with Crippen LogP contribution in [0.2, 0.25) is 5.02 Å². The van der Waals surface area contributed by atoms with Crippen LogP contribution in [0.25, 0.3) is 0 Å². The average Bonchev–Trinajstić information content (AvgIpc) is 3.15. The third-order valence-electron chi connectivity index (χ3n) is 4.10. The Labute approximate surface area is 176 Å². The second kappa shape index (κ2) is 9.11. The Kier molecular flexibility index (Phi) is 6.56. The highest BCUT2D eigenvalue weighted by atomic mass is 35.5. The molecule has 0 aliphatic carbocycles. The van der Waals surface area contributed by atoms with Gasteiger partial charge in [0.15, 0.2) is 0 Å². The summed E-state index contributed by atoms with van der Waals surface area (Å²) < 4.78 is 13.2. The molecular formula is C20H18ClFN4O2S. The number of nitrogens with one attached hydrogen (secondary N) is 2. The molecule has 3 rings (SSSR count). The van der Waals surface area contributed by atoms with Crippen molar-refractivity contribution < 1.29 is 14.0 Å². The molecule has 0 radical (unpaired) electrons. The fraction of sp³-hybridized carbons (Fsp3) is 0.200. The van der Waals surface area contributed by atoms with Crippen LogP contribution in [0.4, 0.5) is 4.39 Å². The van der Waals surface area contributed by atoms with E-state index in [4.69, 9.17) is 11.6 Å². The van der Waals surface area contributed by atoms with Gasteiger partial charge in [-0.15, -0.1) is 11.3 Å². The zero-order valence-electron chi connectivity index (χ0n) is 15.7. The Morgan fingerprint density at radius 1 is 1.14 bits per heavy atom. The van der Waals surface area contributed by atoms with Gasteiger partial charge in [0.25, 0.3) is 11.8 Å². The fourth-order valence-electron chi connectivity index (χ4n) is 2.56. The van der Waals surface area contributed by atoms with Crippen LogP contribution >= 0.6 is 22.9 Å². The summed E-state index contributed by atoms with van der Waals surface area (Å²) in [5.74, 6) is -1.41. The monoisotopic (exact) mass is 432 g/mol. The number of halogens is 2. The normalized spacial score (nSPS) is 11.7. The summed E-state index contributed by atoms with van der Waals surface area (Å²) in [5, 5.41) is 5.50. The molecule has 0 aliphatic rings. The minimum Gasteiger partial charge on any atom is -0.347 e. The van der Waals surface area contributed by atoms with Gasteiger partial charge >= 0.3 is 0 Å². The van der Waals surface area contributed by atoms with E-state index in [2.05, 4.69) is 20.6 Å². The molecular weight excluding hydrogens is 415 g/mol. The lowest BCUT2D eigenvalue weighted by Gasteiger charge is -2.12. The van der Waals surface area contributed by atoms with E-state index in [0.717, 1.165) is 9.75 Å². The molecule has 0 aliphatic heterocycles. The second-order valence-electron chi connectivity index (χ2n) is 6.36. The number of aryl methyl sites for hydroxylation is 1. The van der Waals surface area contributed by atoms with Crippen molar-refractivity contribution in [2.75, 3.05) is 0 Å². The zero-order valence-corrected chi connectivity index (χ0v) is 17.3. The summed E-state index contributed by atoms with van der Waals surface area (Å²) in [5.41, 5.74) is 0.782. The van der Waals surface area contributed by atoms with Gasteiger partial charge in [0, 0.05) is 22.4 Å². The summed E-state index contributed by atoms with van der Waals surface area (Å²) in [4.78, 5) is 34.9. The molecule has 2 aromatic heterocycles. The molecule has 6 nitrogen and oxygen atoms in total. The van der Waals surface area contributed by atoms with Crippen LogP contribution in [0, 0.1) is 12.7 Å². The van der Waals surface area contributed by atoms with E-state index in [-0.39, 0.29) is 29.0 Å². The van der Waals surface area contributed by atoms with Crippen molar-refractivity contribution in [1.82, 2.24) is 20.6 Å². The van der Waals surface area contributed by atoms with E-state index in [0.29, 0.717) is 5.56 Å². The highest BCUT2D eigenvalue weighted by Gasteiger charge is 2.16. The molecule has 0 unspecified atom stereocenters. The number of aromatic nitrogens is 2. The maximum Gasteiger partial charge on any atom is 0.270 e. The number of rotatable bonds is 6. The van der Waals surface area contributed by atoms with Gasteiger partial charge in [-0.3, -0.25) is 9.59 Å². The molecule has 1 aromatic carbocycles. The van der Waals surface area contributed by atoms with Crippen LogP contribution in [0.15, 0.2) is 42.7 Å². The van der Waals surface area contributed by atoms with Gasteiger partial charge < -0.3 is 10.6 Å². The van der Waals surface area contributed by atoms with Crippen molar-refractivity contribution in [2.45, 2.75) is 26.4 Å². The number of thiophene rings is 1. The average molecular weight is 433 g/mol. The maximum absolute atomic E-state index is 13.2. The number of carbonyl (C=O) groups excluding carboxylic acids is 2. The first-order chi connectivity index (χ1) is 13.8. The van der Waals surface area contributed by atoms with Gasteiger partial charge in [-0.05, 0) is 43.7 Å². The number of hydrogen-bond donors (Lipinski definition) is 2. The van der Waals surface area contributed by atoms with Crippen LogP contribution < -0.4 is 10.6 Å². The number of hydrogen-bond acceptors (Lipinski definition) is 5. The van der Waals surface area contributed by atoms with Crippen molar-refractivity contribution >= 4 is 34.8 Å². The molecule has 1 atom stereocenters. The third-order valence-corrected chi connectivity index (χ3v) is 5.58. The molecule has 3 aromatic rings. The highest BCUT2D eigenvalue weighted by Crippen LogP contribution is 2.22. The van der Waals surface area contributed by atoms with Gasteiger partial charge in [-0.1, -0.05) is 17.7 Å². The van der Waals surface area contributed by atoms with Crippen LogP contribution in [0.1, 0.15) is 49.3 Å². The molecule has 2 heterocycles. The zero-order chi connectivity index (χ0) is 21.0. The van der Waals surface area contributed by atoms with Crippen molar-refractivity contribution in [3.63, 3.8) is 0 Å². The smallest absolute Gasteiger partial charge is 0.270 e. The van der Waals surface area contributed by atoms with Crippen molar-refractivity contribution in [3.05, 3.63) is 80.3 Å². The Bertz CT molecular complexity index is 1060. The van der Waals surface area contributed by atoms with Crippen LogP contribution in [-0.2, 0) is 6.54 Å². The fourth-order valence-corrected chi connectivity index (χ4v) is 3.64. The summed E-state index contributed by atoms with van der Waals surface area (Å²) in [7, 11) is 0. The summed E-state index contributed by atoms with van der Waals surface area (Å²) in [6, 6.07) is 9.28. The number of carbonyl (C=O) groups is 2. The largest absolute Gasteiger partial charge is 0.347 e. The quantitative estimate of drug-likeness (QED) is 0.615. The first-order valence-corrected chi connectivity index (χ1v) is 9.94. The minimum atomic E-state index is -0.528. The Morgan fingerprint density at radius 2 is 1.86 bits per heavy atom. The number of benzene rings is 1. The molecule has 0 saturated carbocycles. The highest BCUT2D eigenvalue weighted by molar-refractivity contribution is 7.12. The predicted octanol–water partition coefficient (Wildman–Crippen LogP) is 4.06. The predicted molar refractivity (Wildman–Crippen MR) is 110 cm³/mol. The third kappa shape index (κ3) is 5.36. The summed E-state index contributed by atoms with van der Waals surface area (Å²) >= 11 is 7.34. The van der Waals surface area contributed by atoms with E-state index >= 15 is 0 Å². The van der Waals surface area contributed by atoms with E-state index in [9.17, 15) is 14.0 Å². The molecule has 29 heavy (non-hydrogen) atoms. The van der Waals surface area contributed by atoms with E-state index < -0.39 is 17.6 Å². The molecule has 150 valence electrons. The molecule has 2 amide bonds. The van der Waals surface area contributed by atoms with Gasteiger partial charge in [0.2, 0.25) is 0 Å². The van der Waals surface area contributed by atoms with E-state index in [1.165, 1.54) is 30.6 Å². The Morgan fingerprint density at radius 3 is 2.52 bits per heavy atom. The lowest BCUT2D eigenvalue weighted by atomic mass is 10.2. The van der Waals surface area contributed by atoms with Crippen LogP contribution in [0.5, 0.6) is 0 Å². The topological polar surface area (TPSA) is 84.0 Å². The van der Waals surface area contributed by atoms with Gasteiger partial charge in [0.1, 0.15) is 23.5 Å². The molecule has 0 saturated heterocycles. The molecule has 0 bridgehead atoms. The lowest BCUT2D eigenvalue weighted by molar-refractivity contribution is 0.0935. The van der Waals surface area contributed by atoms with Crippen LogP contribution in [0.3, 0.4) is 0 Å². The van der Waals surface area contributed by atoms with Gasteiger partial charge in [-0.2, -0.15) is 0 Å². The Balaban J connectivity index is 1.63. The van der Waals surface area contributed by atoms with Gasteiger partial charge in [0.05, 0.1) is 11.1 Å². The second-order valence-corrected chi connectivity index (χ2v) is 8.09. The van der Waals surface area contributed by atoms with Crippen molar-refractivity contribution in [2.24, 2.45) is 0 Å². The first kappa shape index (κ1) is 20.9. The maximum atomic E-state index is 13.2. The van der Waals surface area contributed by atoms with Crippen molar-refractivity contribution in [3.8, 4) is 0 Å². The minimum absolute atomic E-state index is 0.0206. The standard InChI is InChI=1S/C20H18ClFN4O2S/c1-11-3-6-18(29-11)12(2)26-20(28)17-8-16(24-10-25-17)19(27)23-9-13-4-5-15(22)14(21)7-13/h3-8,10,12H,9H2,1-2H3,(H,23,27)(H,26,28)/t12-/m0/s1. The molecule has 9 heteroatoms. The molecule has 0 fully saturated rings. The van der Waals surface area contributed by atoms with Crippen LogP contribution in [-0.4, -0.2) is 21.8 Å². The molecule has 2 N–H and O–H groups in total. The number of amides is 2. The first-order valence-electron chi connectivity index (χ1n) is 8.75. The van der Waals surface area contributed by atoms with Crippen molar-refractivity contribution in [1.29, 1.82) is 0 Å². The Hall–Kier alpha value is -2.84. The van der Waals surface area contributed by atoms with E-state index in [1.54, 1.807) is 11.3 Å².